The van der Waals surface area contributed by atoms with Crippen LogP contribution in [0.3, 0.4) is 0 Å². The molecule has 0 aliphatic carbocycles. The van der Waals surface area contributed by atoms with Gasteiger partial charge in [0.2, 0.25) is 0 Å². The molecule has 0 heterocycles. The summed E-state index contributed by atoms with van der Waals surface area (Å²) in [4.78, 5) is 46.8. The largest absolute Gasteiger partial charge is 0.494 e. The van der Waals surface area contributed by atoms with Crippen LogP contribution in [0.4, 0.5) is 0 Å². The Bertz CT molecular complexity index is 1620. The minimum atomic E-state index is -0.562. The van der Waals surface area contributed by atoms with Crippen LogP contribution in [0.25, 0.3) is 12.2 Å². The van der Waals surface area contributed by atoms with Crippen molar-refractivity contribution >= 4 is 36.0 Å². The summed E-state index contributed by atoms with van der Waals surface area (Å²) in [5.74, 6) is 0.0235. The number of unbranched alkanes of at least 4 members (excludes halogenated alkanes) is 2. The van der Waals surface area contributed by atoms with E-state index in [0.29, 0.717) is 67.8 Å². The lowest BCUT2D eigenvalue weighted by atomic mass is 10.2. The highest BCUT2D eigenvalue weighted by atomic mass is 16.5. The molecular formula is C39H40O10. The van der Waals surface area contributed by atoms with E-state index in [4.69, 9.17) is 28.4 Å². The number of carbonyl (C=O) groups is 4. The van der Waals surface area contributed by atoms with E-state index in [9.17, 15) is 19.2 Å². The Balaban J connectivity index is 1.37. The number of hydrogen-bond acceptors (Lipinski definition) is 10. The number of aryl methyl sites for hydroxylation is 1. The summed E-state index contributed by atoms with van der Waals surface area (Å²) in [6, 6.07) is 19.2. The van der Waals surface area contributed by atoms with Crippen LogP contribution in [0.2, 0.25) is 0 Å². The fourth-order valence-corrected chi connectivity index (χ4v) is 4.02. The van der Waals surface area contributed by atoms with Gasteiger partial charge in [-0.3, -0.25) is 0 Å². The van der Waals surface area contributed by atoms with E-state index in [2.05, 4.69) is 13.2 Å². The predicted molar refractivity (Wildman–Crippen MR) is 185 cm³/mol. The van der Waals surface area contributed by atoms with Gasteiger partial charge in [-0.15, -0.1) is 0 Å². The Labute approximate surface area is 286 Å². The highest BCUT2D eigenvalue weighted by molar-refractivity contribution is 5.90. The third kappa shape index (κ3) is 15.0. The number of esters is 4. The molecule has 0 N–H and O–H groups in total. The van der Waals surface area contributed by atoms with E-state index in [-0.39, 0.29) is 0 Å². The molecule has 0 amide bonds. The summed E-state index contributed by atoms with van der Waals surface area (Å²) in [5, 5.41) is 0. The van der Waals surface area contributed by atoms with Crippen molar-refractivity contribution in [2.75, 3.05) is 26.4 Å². The number of rotatable bonds is 20. The Morgan fingerprint density at radius 2 is 0.980 bits per heavy atom. The minimum Gasteiger partial charge on any atom is -0.494 e. The highest BCUT2D eigenvalue weighted by Gasteiger charge is 2.08. The quantitative estimate of drug-likeness (QED) is 0.0538. The molecule has 0 fully saturated rings. The molecule has 0 radical (unpaired) electrons. The lowest BCUT2D eigenvalue weighted by Gasteiger charge is -2.08. The van der Waals surface area contributed by atoms with Crippen LogP contribution in [-0.2, 0) is 28.7 Å². The molecule has 0 atom stereocenters. The summed E-state index contributed by atoms with van der Waals surface area (Å²) in [5.41, 5.74) is 2.19. The first kappa shape index (κ1) is 37.6. The highest BCUT2D eigenvalue weighted by Crippen LogP contribution is 2.24. The van der Waals surface area contributed by atoms with E-state index in [0.717, 1.165) is 36.1 Å². The van der Waals surface area contributed by atoms with Crippen LogP contribution in [0.5, 0.6) is 23.0 Å². The minimum absolute atomic E-state index is 0.309. The topological polar surface area (TPSA) is 124 Å². The smallest absolute Gasteiger partial charge is 0.336 e. The first-order valence-electron chi connectivity index (χ1n) is 15.7. The van der Waals surface area contributed by atoms with Gasteiger partial charge in [0, 0.05) is 24.3 Å². The molecule has 0 aliphatic heterocycles. The van der Waals surface area contributed by atoms with Crippen molar-refractivity contribution in [1.29, 1.82) is 0 Å². The van der Waals surface area contributed by atoms with E-state index in [1.54, 1.807) is 61.5 Å². The fraction of sp³-hybridized carbons (Fsp3) is 0.231. The third-order valence-electron chi connectivity index (χ3n) is 6.60. The molecular weight excluding hydrogens is 628 g/mol. The number of carbonyl (C=O) groups excluding carboxylic acids is 4. The normalized spacial score (nSPS) is 10.7. The number of hydrogen-bond donors (Lipinski definition) is 0. The van der Waals surface area contributed by atoms with Crippen molar-refractivity contribution in [3.05, 3.63) is 121 Å². The van der Waals surface area contributed by atoms with Crippen LogP contribution in [0, 0.1) is 6.92 Å². The van der Waals surface area contributed by atoms with E-state index in [1.165, 1.54) is 12.2 Å². The van der Waals surface area contributed by atoms with Crippen LogP contribution in [0.1, 0.15) is 42.4 Å². The Kier molecular flexibility index (Phi) is 16.1. The first-order chi connectivity index (χ1) is 23.7. The molecule has 10 nitrogen and oxygen atoms in total. The van der Waals surface area contributed by atoms with Gasteiger partial charge in [-0.2, -0.15) is 0 Å². The molecule has 0 aliphatic rings. The van der Waals surface area contributed by atoms with Gasteiger partial charge in [0.05, 0.1) is 26.4 Å². The lowest BCUT2D eigenvalue weighted by molar-refractivity contribution is -0.138. The first-order valence-corrected chi connectivity index (χ1v) is 15.7. The zero-order chi connectivity index (χ0) is 35.3. The summed E-state index contributed by atoms with van der Waals surface area (Å²) >= 11 is 0. The maximum Gasteiger partial charge on any atom is 0.336 e. The number of benzene rings is 3. The Morgan fingerprint density at radius 1 is 0.551 bits per heavy atom. The summed E-state index contributed by atoms with van der Waals surface area (Å²) in [6.45, 7) is 10.0. The zero-order valence-corrected chi connectivity index (χ0v) is 27.5. The van der Waals surface area contributed by atoms with Crippen LogP contribution >= 0.6 is 0 Å². The molecule has 3 aromatic rings. The van der Waals surface area contributed by atoms with Crippen molar-refractivity contribution in [3.63, 3.8) is 0 Å². The molecule has 10 heteroatoms. The fourth-order valence-electron chi connectivity index (χ4n) is 4.02. The summed E-state index contributed by atoms with van der Waals surface area (Å²) in [7, 11) is 0. The van der Waals surface area contributed by atoms with Crippen molar-refractivity contribution in [1.82, 2.24) is 0 Å². The molecule has 0 aromatic heterocycles. The van der Waals surface area contributed by atoms with Crippen molar-refractivity contribution in [3.8, 4) is 23.0 Å². The van der Waals surface area contributed by atoms with Crippen molar-refractivity contribution < 1.29 is 47.6 Å². The second kappa shape index (κ2) is 21.1. The summed E-state index contributed by atoms with van der Waals surface area (Å²) in [6.07, 6.45) is 11.0. The van der Waals surface area contributed by atoms with Gasteiger partial charge in [0.1, 0.15) is 23.0 Å². The zero-order valence-electron chi connectivity index (χ0n) is 27.5. The maximum absolute atomic E-state index is 12.4. The van der Waals surface area contributed by atoms with E-state index >= 15 is 0 Å². The van der Waals surface area contributed by atoms with Gasteiger partial charge in [-0.1, -0.05) is 37.4 Å². The second-order valence-corrected chi connectivity index (χ2v) is 10.4. The monoisotopic (exact) mass is 668 g/mol. The summed E-state index contributed by atoms with van der Waals surface area (Å²) < 4.78 is 32.1. The van der Waals surface area contributed by atoms with Gasteiger partial charge in [-0.25, -0.2) is 19.2 Å². The van der Waals surface area contributed by atoms with Crippen LogP contribution in [-0.4, -0.2) is 50.3 Å². The molecule has 0 spiro atoms. The Hall–Kier alpha value is -5.90. The van der Waals surface area contributed by atoms with Crippen LogP contribution in [0.15, 0.2) is 104 Å². The molecule has 0 saturated heterocycles. The Morgan fingerprint density at radius 3 is 1.43 bits per heavy atom. The molecule has 0 unspecified atom stereocenters. The lowest BCUT2D eigenvalue weighted by Crippen LogP contribution is -2.06. The van der Waals surface area contributed by atoms with Crippen LogP contribution < -0.4 is 18.9 Å². The molecule has 0 bridgehead atoms. The average Bonchev–Trinajstić information content (AvgIpc) is 3.11. The maximum atomic E-state index is 12.4. The second-order valence-electron chi connectivity index (χ2n) is 10.4. The standard InChI is InChI=1S/C39H40O10/c1-4-36(40)46-26-8-6-24-44-32-16-10-30(11-17-32)14-22-38(42)48-34-20-21-35(29(3)28-34)49-39(43)23-15-31-12-18-33(19-13-31)45-25-7-9-27-47-37(41)5-2/h4-5,10-23,28H,1-2,6-9,24-27H2,3H3. The van der Waals surface area contributed by atoms with E-state index in [1.807, 2.05) is 24.3 Å². The van der Waals surface area contributed by atoms with Gasteiger partial charge in [-0.05, 0) is 104 Å². The SMILES string of the molecule is C=CC(=O)OCCCCOc1ccc(C=CC(=O)Oc2ccc(OC(=O)C=Cc3ccc(OCCCCOC(=O)C=C)cc3)c(C)c2)cc1. The predicted octanol–water partition coefficient (Wildman–Crippen LogP) is 7.01. The molecule has 256 valence electrons. The van der Waals surface area contributed by atoms with Crippen molar-refractivity contribution in [2.24, 2.45) is 0 Å². The molecule has 49 heavy (non-hydrogen) atoms. The molecule has 3 aromatic carbocycles. The van der Waals surface area contributed by atoms with Gasteiger partial charge >= 0.3 is 23.9 Å². The third-order valence-corrected chi connectivity index (χ3v) is 6.60. The molecule has 0 saturated carbocycles. The van der Waals surface area contributed by atoms with Gasteiger partial charge < -0.3 is 28.4 Å². The van der Waals surface area contributed by atoms with E-state index < -0.39 is 23.9 Å². The molecule has 3 rings (SSSR count). The van der Waals surface area contributed by atoms with Gasteiger partial charge in [0.25, 0.3) is 0 Å². The average molecular weight is 669 g/mol. The number of ether oxygens (including phenoxy) is 6. The van der Waals surface area contributed by atoms with Gasteiger partial charge in [0.15, 0.2) is 0 Å². The van der Waals surface area contributed by atoms with Crippen molar-refractivity contribution in [2.45, 2.75) is 32.6 Å².